The third-order valence-electron chi connectivity index (χ3n) is 4.62. The molecule has 0 bridgehead atoms. The van der Waals surface area contributed by atoms with Crippen LogP contribution in [-0.2, 0) is 0 Å². The van der Waals surface area contributed by atoms with Gasteiger partial charge in [-0.3, -0.25) is 9.59 Å². The Morgan fingerprint density at radius 3 is 2.33 bits per heavy atom. The van der Waals surface area contributed by atoms with E-state index in [2.05, 4.69) is 18.8 Å². The van der Waals surface area contributed by atoms with Crippen LogP contribution in [-0.4, -0.2) is 34.0 Å². The van der Waals surface area contributed by atoms with Gasteiger partial charge in [-0.05, 0) is 42.7 Å². The number of H-pyrrole nitrogens is 1. The van der Waals surface area contributed by atoms with Crippen molar-refractivity contribution in [3.8, 4) is 16.9 Å². The minimum absolute atomic E-state index is 0.0272. The Balaban J connectivity index is 1.99. The number of aromatic hydroxyl groups is 1. The predicted octanol–water partition coefficient (Wildman–Crippen LogP) is 4.16. The molecule has 0 spiro atoms. The van der Waals surface area contributed by atoms with Crippen molar-refractivity contribution in [3.05, 3.63) is 64.6 Å². The average Bonchev–Trinajstić information content (AvgIpc) is 2.68. The quantitative estimate of drug-likeness (QED) is 0.690. The molecule has 0 radical (unpaired) electrons. The van der Waals surface area contributed by atoms with Crippen molar-refractivity contribution in [1.82, 2.24) is 9.88 Å². The van der Waals surface area contributed by atoms with E-state index < -0.39 is 0 Å². The Kier molecular flexibility index (Phi) is 5.60. The van der Waals surface area contributed by atoms with Gasteiger partial charge < -0.3 is 15.0 Å². The predicted molar refractivity (Wildman–Crippen MR) is 108 cm³/mol. The number of hydrogen-bond acceptors (Lipinski definition) is 3. The van der Waals surface area contributed by atoms with Crippen LogP contribution in [0.3, 0.4) is 0 Å². The summed E-state index contributed by atoms with van der Waals surface area (Å²) in [4.78, 5) is 29.3. The Bertz CT molecular complexity index is 1000. The third-order valence-corrected chi connectivity index (χ3v) is 4.62. The Morgan fingerprint density at radius 2 is 1.70 bits per heavy atom. The summed E-state index contributed by atoms with van der Waals surface area (Å²) >= 11 is 0. The standard InChI is InChI=1S/C22H24N2O3/c1-3-12-24(13-4-2)22(27)16-10-8-15(9-11-16)18-14-23-21(26)17-6-5-7-19(25)20(17)18/h5-11,14,25H,3-4,12-13H2,1-2H3,(H,23,26). The van der Waals surface area contributed by atoms with Crippen molar-refractivity contribution in [1.29, 1.82) is 0 Å². The number of aromatic amines is 1. The monoisotopic (exact) mass is 364 g/mol. The van der Waals surface area contributed by atoms with Crippen LogP contribution in [0.15, 0.2) is 53.5 Å². The normalized spacial score (nSPS) is 10.9. The highest BCUT2D eigenvalue weighted by Gasteiger charge is 2.15. The number of rotatable bonds is 6. The minimum atomic E-state index is -0.244. The fourth-order valence-electron chi connectivity index (χ4n) is 3.36. The number of phenolic OH excluding ortho intramolecular Hbond substituents is 1. The highest BCUT2D eigenvalue weighted by molar-refractivity contribution is 6.00. The number of nitrogens with one attached hydrogen (secondary N) is 1. The molecule has 1 amide bonds. The van der Waals surface area contributed by atoms with E-state index in [1.807, 2.05) is 17.0 Å². The van der Waals surface area contributed by atoms with Crippen LogP contribution in [0.5, 0.6) is 5.75 Å². The maximum Gasteiger partial charge on any atom is 0.255 e. The van der Waals surface area contributed by atoms with E-state index >= 15 is 0 Å². The molecule has 1 heterocycles. The molecule has 0 unspecified atom stereocenters. The lowest BCUT2D eigenvalue weighted by atomic mass is 9.99. The molecule has 0 fully saturated rings. The van der Waals surface area contributed by atoms with Gasteiger partial charge in [-0.25, -0.2) is 0 Å². The van der Waals surface area contributed by atoms with E-state index in [4.69, 9.17) is 0 Å². The molecule has 2 aromatic carbocycles. The van der Waals surface area contributed by atoms with Crippen LogP contribution in [0.4, 0.5) is 0 Å². The molecule has 0 aliphatic carbocycles. The number of hydrogen-bond donors (Lipinski definition) is 2. The lowest BCUT2D eigenvalue weighted by Crippen LogP contribution is -2.32. The van der Waals surface area contributed by atoms with Gasteiger partial charge in [0.25, 0.3) is 11.5 Å². The molecule has 27 heavy (non-hydrogen) atoms. The highest BCUT2D eigenvalue weighted by Crippen LogP contribution is 2.32. The number of aromatic nitrogens is 1. The van der Waals surface area contributed by atoms with Crippen molar-refractivity contribution in [3.63, 3.8) is 0 Å². The zero-order valence-electron chi connectivity index (χ0n) is 15.7. The SMILES string of the molecule is CCCN(CCC)C(=O)c1ccc(-c2c[nH]c(=O)c3cccc(O)c23)cc1. The van der Waals surface area contributed by atoms with Gasteiger partial charge in [-0.1, -0.05) is 32.0 Å². The maximum atomic E-state index is 12.7. The number of benzene rings is 2. The van der Waals surface area contributed by atoms with Crippen LogP contribution < -0.4 is 5.56 Å². The van der Waals surface area contributed by atoms with E-state index in [-0.39, 0.29) is 17.2 Å². The third kappa shape index (κ3) is 3.72. The molecule has 0 aliphatic heterocycles. The Labute approximate surface area is 158 Å². The molecule has 2 N–H and O–H groups in total. The second-order valence-electron chi connectivity index (χ2n) is 6.60. The number of fused-ring (bicyclic) bond motifs is 1. The van der Waals surface area contributed by atoms with Gasteiger partial charge in [0, 0.05) is 35.8 Å². The van der Waals surface area contributed by atoms with Gasteiger partial charge in [0.1, 0.15) is 5.75 Å². The number of amides is 1. The van der Waals surface area contributed by atoms with E-state index in [0.29, 0.717) is 16.3 Å². The van der Waals surface area contributed by atoms with E-state index in [9.17, 15) is 14.7 Å². The summed E-state index contributed by atoms with van der Waals surface area (Å²) in [5.41, 5.74) is 1.94. The zero-order chi connectivity index (χ0) is 19.4. The van der Waals surface area contributed by atoms with E-state index in [1.165, 1.54) is 0 Å². The molecule has 0 saturated heterocycles. The molecule has 5 nitrogen and oxygen atoms in total. The molecule has 0 saturated carbocycles. The van der Waals surface area contributed by atoms with Gasteiger partial charge >= 0.3 is 0 Å². The van der Waals surface area contributed by atoms with Crippen LogP contribution in [0.2, 0.25) is 0 Å². The number of carbonyl (C=O) groups is 1. The summed E-state index contributed by atoms with van der Waals surface area (Å²) in [5, 5.41) is 11.2. The van der Waals surface area contributed by atoms with Crippen LogP contribution >= 0.6 is 0 Å². The molecule has 1 aromatic heterocycles. The smallest absolute Gasteiger partial charge is 0.255 e. The lowest BCUT2D eigenvalue weighted by Gasteiger charge is -2.21. The largest absolute Gasteiger partial charge is 0.507 e. The first-order chi connectivity index (χ1) is 13.1. The minimum Gasteiger partial charge on any atom is -0.507 e. The van der Waals surface area contributed by atoms with Crippen molar-refractivity contribution >= 4 is 16.7 Å². The lowest BCUT2D eigenvalue weighted by molar-refractivity contribution is 0.0755. The van der Waals surface area contributed by atoms with Gasteiger partial charge in [0.2, 0.25) is 0 Å². The van der Waals surface area contributed by atoms with Gasteiger partial charge in [0.05, 0.1) is 5.39 Å². The highest BCUT2D eigenvalue weighted by atomic mass is 16.3. The van der Waals surface area contributed by atoms with Crippen molar-refractivity contribution in [2.75, 3.05) is 13.1 Å². The second kappa shape index (κ2) is 8.08. The molecular formula is C22H24N2O3. The fraction of sp³-hybridized carbons (Fsp3) is 0.273. The molecular weight excluding hydrogens is 340 g/mol. The maximum absolute atomic E-state index is 12.7. The molecule has 0 aliphatic rings. The summed E-state index contributed by atoms with van der Waals surface area (Å²) in [6.07, 6.45) is 3.45. The average molecular weight is 364 g/mol. The van der Waals surface area contributed by atoms with Crippen molar-refractivity contribution in [2.45, 2.75) is 26.7 Å². The van der Waals surface area contributed by atoms with Crippen LogP contribution in [0, 0.1) is 0 Å². The fourth-order valence-corrected chi connectivity index (χ4v) is 3.36. The summed E-state index contributed by atoms with van der Waals surface area (Å²) < 4.78 is 0. The topological polar surface area (TPSA) is 73.4 Å². The summed E-state index contributed by atoms with van der Waals surface area (Å²) in [7, 11) is 0. The van der Waals surface area contributed by atoms with E-state index in [0.717, 1.165) is 37.1 Å². The second-order valence-corrected chi connectivity index (χ2v) is 6.60. The van der Waals surface area contributed by atoms with Gasteiger partial charge in [0.15, 0.2) is 0 Å². The van der Waals surface area contributed by atoms with E-state index in [1.54, 1.807) is 36.5 Å². The van der Waals surface area contributed by atoms with Crippen molar-refractivity contribution < 1.29 is 9.90 Å². The van der Waals surface area contributed by atoms with Gasteiger partial charge in [-0.15, -0.1) is 0 Å². The Hall–Kier alpha value is -3.08. The molecule has 140 valence electrons. The first-order valence-electron chi connectivity index (χ1n) is 9.29. The molecule has 3 rings (SSSR count). The first-order valence-corrected chi connectivity index (χ1v) is 9.29. The number of carbonyl (C=O) groups excluding carboxylic acids is 1. The number of pyridine rings is 1. The van der Waals surface area contributed by atoms with Crippen LogP contribution in [0.25, 0.3) is 21.9 Å². The zero-order valence-corrected chi connectivity index (χ0v) is 15.7. The van der Waals surface area contributed by atoms with Gasteiger partial charge in [-0.2, -0.15) is 0 Å². The first kappa shape index (κ1) is 18.7. The summed E-state index contributed by atoms with van der Waals surface area (Å²) in [6.45, 7) is 5.61. The molecule has 3 aromatic rings. The molecule has 0 atom stereocenters. The number of nitrogens with zero attached hydrogens (tertiary/aromatic N) is 1. The summed E-state index contributed by atoms with van der Waals surface area (Å²) in [6, 6.07) is 12.2. The number of phenols is 1. The summed E-state index contributed by atoms with van der Waals surface area (Å²) in [5.74, 6) is 0.0882. The van der Waals surface area contributed by atoms with Crippen molar-refractivity contribution in [2.24, 2.45) is 0 Å². The van der Waals surface area contributed by atoms with Crippen LogP contribution in [0.1, 0.15) is 37.0 Å². The Morgan fingerprint density at radius 1 is 1.04 bits per heavy atom. The molecule has 5 heteroatoms.